The van der Waals surface area contributed by atoms with Crippen molar-refractivity contribution in [2.75, 3.05) is 13.2 Å². The highest BCUT2D eigenvalue weighted by atomic mass is 31.2. The minimum absolute atomic E-state index is 0.0525. The molecule has 0 aromatic rings. The minimum atomic E-state index is -5.15. The molecule has 0 aromatic carbocycles. The van der Waals surface area contributed by atoms with Crippen LogP contribution in [0.25, 0.3) is 0 Å². The average molecular weight is 899 g/mol. The largest absolute Gasteiger partial charge is 0.472 e. The quantitative estimate of drug-likeness (QED) is 0.0105. The highest BCUT2D eigenvalue weighted by Crippen LogP contribution is 2.47. The second kappa shape index (κ2) is 36.6. The van der Waals surface area contributed by atoms with Gasteiger partial charge in [-0.1, -0.05) is 132 Å². The maximum absolute atomic E-state index is 12.8. The maximum Gasteiger partial charge on any atom is 0.472 e. The van der Waals surface area contributed by atoms with Crippen LogP contribution in [0.1, 0.15) is 149 Å². The van der Waals surface area contributed by atoms with Crippen LogP contribution in [-0.4, -0.2) is 110 Å². The van der Waals surface area contributed by atoms with Crippen molar-refractivity contribution in [2.45, 2.75) is 198 Å². The van der Waals surface area contributed by atoms with Crippen LogP contribution in [0.3, 0.4) is 0 Å². The van der Waals surface area contributed by atoms with Crippen LogP contribution in [0.15, 0.2) is 72.9 Å². The van der Waals surface area contributed by atoms with Crippen molar-refractivity contribution in [3.63, 3.8) is 0 Å². The lowest BCUT2D eigenvalue weighted by Crippen LogP contribution is -2.64. The number of phosphoric ester groups is 1. The first-order chi connectivity index (χ1) is 29.8. The number of rotatable bonds is 36. The first-order valence-corrected chi connectivity index (χ1v) is 24.3. The van der Waals surface area contributed by atoms with Crippen LogP contribution < -0.4 is 0 Å². The van der Waals surface area contributed by atoms with Crippen LogP contribution in [0, 0.1) is 0 Å². The van der Waals surface area contributed by atoms with Gasteiger partial charge in [0.15, 0.2) is 6.10 Å². The van der Waals surface area contributed by atoms with E-state index in [1.54, 1.807) is 6.08 Å². The average Bonchev–Trinajstić information content (AvgIpc) is 3.25. The molecule has 0 saturated heterocycles. The smallest absolute Gasteiger partial charge is 0.462 e. The predicted molar refractivity (Wildman–Crippen MR) is 241 cm³/mol. The number of hydrogen-bond acceptors (Lipinski definition) is 13. The fourth-order valence-electron chi connectivity index (χ4n) is 6.33. The van der Waals surface area contributed by atoms with Gasteiger partial charge in [-0.25, -0.2) is 4.57 Å². The van der Waals surface area contributed by atoms with Crippen LogP contribution in [0.4, 0.5) is 0 Å². The Morgan fingerprint density at radius 3 is 1.69 bits per heavy atom. The Hall–Kier alpha value is -2.75. The third-order valence-corrected chi connectivity index (χ3v) is 11.1. The van der Waals surface area contributed by atoms with Crippen LogP contribution >= 0.6 is 7.82 Å². The van der Waals surface area contributed by atoms with Gasteiger partial charge >= 0.3 is 19.8 Å². The maximum atomic E-state index is 12.8. The molecule has 0 aliphatic heterocycles. The summed E-state index contributed by atoms with van der Waals surface area (Å²) in [4.78, 5) is 35.7. The number of carbonyl (C=O) groups is 2. The van der Waals surface area contributed by atoms with Crippen molar-refractivity contribution in [3.8, 4) is 0 Å². The molecule has 1 saturated carbocycles. The summed E-state index contributed by atoms with van der Waals surface area (Å²) in [6.45, 7) is 3.09. The van der Waals surface area contributed by atoms with E-state index in [4.69, 9.17) is 18.5 Å². The van der Waals surface area contributed by atoms with Gasteiger partial charge in [0.1, 0.15) is 43.2 Å². The van der Waals surface area contributed by atoms with Crippen molar-refractivity contribution in [1.82, 2.24) is 0 Å². The van der Waals surface area contributed by atoms with E-state index in [9.17, 15) is 49.7 Å². The molecule has 0 heterocycles. The molecule has 1 fully saturated rings. The standard InChI is InChI=1S/C47H79O14P/c1-3-5-7-9-11-12-13-14-15-16-17-18-23-27-31-35-41(50)60-39(37-59-62(56,57)61-47-45(54)43(52)42(51)44(53)46(47)55)36-58-40(49)34-30-26-22-20-19-21-25-29-33-38(48)32-28-24-10-8-6-4-2/h11-12,14-15,20-22,24-25,28-29,33,38-39,42-48,51-55H,3-10,13,16-19,23,26-27,30-32,34-37H2,1-2H3,(H,56,57)/b12-11-,15-14-,22-20-,25-21-,28-24-,33-29+/t38-,39-,42?,43-,44+,45-,46-,47?/m1/s1. The van der Waals surface area contributed by atoms with Gasteiger partial charge in [0, 0.05) is 12.8 Å². The van der Waals surface area contributed by atoms with Gasteiger partial charge < -0.3 is 45.0 Å². The van der Waals surface area contributed by atoms with Crippen LogP contribution in [-0.2, 0) is 32.7 Å². The Morgan fingerprint density at radius 1 is 0.581 bits per heavy atom. The second-order valence-corrected chi connectivity index (χ2v) is 17.2. The third kappa shape index (κ3) is 28.8. The Labute approximate surface area is 370 Å². The van der Waals surface area contributed by atoms with Gasteiger partial charge in [-0.05, 0) is 77.0 Å². The zero-order chi connectivity index (χ0) is 45.9. The van der Waals surface area contributed by atoms with E-state index in [0.29, 0.717) is 32.1 Å². The predicted octanol–water partition coefficient (Wildman–Crippen LogP) is 7.69. The van der Waals surface area contributed by atoms with E-state index in [-0.39, 0.29) is 12.8 Å². The first kappa shape index (κ1) is 57.3. The van der Waals surface area contributed by atoms with E-state index in [2.05, 4.69) is 44.2 Å². The van der Waals surface area contributed by atoms with Crippen molar-refractivity contribution < 1.29 is 68.2 Å². The van der Waals surface area contributed by atoms with Gasteiger partial charge in [-0.3, -0.25) is 18.6 Å². The molecule has 1 aliphatic rings. The lowest BCUT2D eigenvalue weighted by molar-refractivity contribution is -0.220. The summed E-state index contributed by atoms with van der Waals surface area (Å²) in [5, 5.41) is 60.2. The second-order valence-electron chi connectivity index (χ2n) is 15.7. The summed E-state index contributed by atoms with van der Waals surface area (Å²) in [7, 11) is -5.15. The molecule has 1 aliphatic carbocycles. The monoisotopic (exact) mass is 899 g/mol. The van der Waals surface area contributed by atoms with E-state index in [1.807, 2.05) is 36.5 Å². The fourth-order valence-corrected chi connectivity index (χ4v) is 7.31. The van der Waals surface area contributed by atoms with Gasteiger partial charge in [-0.15, -0.1) is 0 Å². The van der Waals surface area contributed by atoms with Crippen molar-refractivity contribution >= 4 is 19.8 Å². The number of hydrogen-bond donors (Lipinski definition) is 7. The molecule has 0 bridgehead atoms. The molecule has 3 unspecified atom stereocenters. The molecule has 0 aromatic heterocycles. The molecule has 0 radical (unpaired) electrons. The normalized spacial score (nSPS) is 23.0. The molecule has 1 rings (SSSR count). The number of allylic oxidation sites excluding steroid dienone is 10. The highest BCUT2D eigenvalue weighted by molar-refractivity contribution is 7.47. The van der Waals surface area contributed by atoms with Gasteiger partial charge in [-0.2, -0.15) is 0 Å². The number of phosphoric acid groups is 1. The Morgan fingerprint density at radius 2 is 1.08 bits per heavy atom. The Kier molecular flexibility index (Phi) is 33.8. The van der Waals surface area contributed by atoms with Gasteiger partial charge in [0.05, 0.1) is 12.7 Å². The summed E-state index contributed by atoms with van der Waals surface area (Å²) >= 11 is 0. The molecule has 9 atom stereocenters. The van der Waals surface area contributed by atoms with Crippen molar-refractivity contribution in [3.05, 3.63) is 72.9 Å². The summed E-state index contributed by atoms with van der Waals surface area (Å²) in [6.07, 6.45) is 28.4. The number of aliphatic hydroxyl groups excluding tert-OH is 6. The molecule has 14 nitrogen and oxygen atoms in total. The van der Waals surface area contributed by atoms with E-state index < -0.39 is 81.8 Å². The number of esters is 2. The summed E-state index contributed by atoms with van der Waals surface area (Å²) in [6, 6.07) is 0. The molecule has 0 amide bonds. The zero-order valence-electron chi connectivity index (χ0n) is 37.2. The SMILES string of the molecule is CCCCC/C=C\C/C=C\CCCCCCCC(=O)O[C@H](COC(=O)CCC/C=C\C/C=C\C=C\[C@H](O)C/C=C\CCCCC)COP(=O)(O)OC1[C@H](O)[C@H](O)C(O)[C@H](O)[C@H]1O. The lowest BCUT2D eigenvalue weighted by atomic mass is 9.85. The topological polar surface area (TPSA) is 230 Å². The third-order valence-electron chi connectivity index (χ3n) is 10.1. The van der Waals surface area contributed by atoms with Gasteiger partial charge in [0.25, 0.3) is 0 Å². The molecule has 0 spiro atoms. The Bertz CT molecular complexity index is 1380. The molecule has 15 heteroatoms. The summed E-state index contributed by atoms with van der Waals surface area (Å²) in [5.74, 6) is -1.23. The van der Waals surface area contributed by atoms with Crippen LogP contribution in [0.5, 0.6) is 0 Å². The molecule has 62 heavy (non-hydrogen) atoms. The number of aliphatic hydroxyl groups is 6. The fraction of sp³-hybridized carbons (Fsp3) is 0.702. The lowest BCUT2D eigenvalue weighted by Gasteiger charge is -2.41. The van der Waals surface area contributed by atoms with Crippen LogP contribution in [0.2, 0.25) is 0 Å². The minimum Gasteiger partial charge on any atom is -0.462 e. The molecule has 356 valence electrons. The number of carbonyl (C=O) groups excluding carboxylic acids is 2. The number of ether oxygens (including phenoxy) is 2. The Balaban J connectivity index is 2.55. The van der Waals surface area contributed by atoms with E-state index >= 15 is 0 Å². The van der Waals surface area contributed by atoms with Crippen molar-refractivity contribution in [2.24, 2.45) is 0 Å². The first-order valence-electron chi connectivity index (χ1n) is 22.8. The molecular formula is C47H79O14P. The summed E-state index contributed by atoms with van der Waals surface area (Å²) < 4.78 is 33.4. The van der Waals surface area contributed by atoms with Crippen molar-refractivity contribution in [1.29, 1.82) is 0 Å². The van der Waals surface area contributed by atoms with Gasteiger partial charge in [0.2, 0.25) is 0 Å². The molecule has 7 N–H and O–H groups in total. The zero-order valence-corrected chi connectivity index (χ0v) is 38.1. The van der Waals surface area contributed by atoms with E-state index in [0.717, 1.165) is 51.4 Å². The highest BCUT2D eigenvalue weighted by Gasteiger charge is 2.51. The number of unbranched alkanes of at least 4 members (excludes halogenated alkanes) is 12. The van der Waals surface area contributed by atoms with E-state index in [1.165, 1.54) is 38.5 Å². The molecular weight excluding hydrogens is 819 g/mol. The summed E-state index contributed by atoms with van der Waals surface area (Å²) in [5.41, 5.74) is 0.